The van der Waals surface area contributed by atoms with Gasteiger partial charge < -0.3 is 4.90 Å². The lowest BCUT2D eigenvalue weighted by molar-refractivity contribution is -0.438. The summed E-state index contributed by atoms with van der Waals surface area (Å²) in [5, 5.41) is 0. The minimum atomic E-state index is 0.00648. The van der Waals surface area contributed by atoms with Crippen molar-refractivity contribution in [2.24, 2.45) is 0 Å². The van der Waals surface area contributed by atoms with Gasteiger partial charge in [-0.1, -0.05) is 243 Å². The summed E-state index contributed by atoms with van der Waals surface area (Å²) >= 11 is 0. The Morgan fingerprint density at radius 3 is 1.44 bits per heavy atom. The highest BCUT2D eigenvalue weighted by Gasteiger charge is 2.43. The fraction of sp³-hybridized carbons (Fsp3) is 0.702. The van der Waals surface area contributed by atoms with Crippen LogP contribution in [0.15, 0.2) is 72.5 Å². The molecule has 4 rings (SSSR count). The summed E-state index contributed by atoms with van der Waals surface area (Å²) in [6.07, 6.45) is 53.7. The molecule has 0 bridgehead atoms. The second kappa shape index (κ2) is 30.4. The maximum atomic E-state index is 2.66. The molecule has 59 heavy (non-hydrogen) atoms. The molecule has 0 saturated heterocycles. The Balaban J connectivity index is 1.17. The third-order valence-corrected chi connectivity index (χ3v) is 13.8. The smallest absolute Gasteiger partial charge is 0.209 e. The highest BCUT2D eigenvalue weighted by atomic mass is 15.2. The van der Waals surface area contributed by atoms with Crippen LogP contribution in [0.2, 0.25) is 0 Å². The molecule has 2 heteroatoms. The molecule has 0 fully saturated rings. The van der Waals surface area contributed by atoms with Crippen LogP contribution >= 0.6 is 0 Å². The van der Waals surface area contributed by atoms with E-state index in [4.69, 9.17) is 0 Å². The number of benzene rings is 2. The molecule has 2 nitrogen and oxygen atoms in total. The molecular formula is C57H93N2+. The molecule has 2 heterocycles. The lowest BCUT2D eigenvalue weighted by Gasteiger charge is -2.21. The van der Waals surface area contributed by atoms with E-state index in [0.717, 1.165) is 19.5 Å². The molecule has 0 spiro atoms. The molecule has 2 aromatic carbocycles. The van der Waals surface area contributed by atoms with Crippen LogP contribution in [0, 0.1) is 0 Å². The molecule has 2 aliphatic heterocycles. The predicted octanol–water partition coefficient (Wildman–Crippen LogP) is 18.1. The van der Waals surface area contributed by atoms with Gasteiger partial charge in [0.05, 0.1) is 5.41 Å². The fourth-order valence-electron chi connectivity index (χ4n) is 10.1. The molecule has 0 atom stereocenters. The van der Waals surface area contributed by atoms with Gasteiger partial charge in [-0.25, -0.2) is 0 Å². The SMILES string of the molecule is CCCCCCCCCCCCCCCCCCN1/C(=C/C=C/C2=[N+](CCCCCCCCCCCCCCCCCC)c3ccccc3C2(C)C)Cc2ccccc21. The Morgan fingerprint density at radius 2 is 0.932 bits per heavy atom. The zero-order valence-corrected chi connectivity index (χ0v) is 39.5. The molecule has 0 N–H and O–H groups in total. The summed E-state index contributed by atoms with van der Waals surface area (Å²) in [7, 11) is 0. The fourth-order valence-corrected chi connectivity index (χ4v) is 10.1. The molecule has 0 unspecified atom stereocenters. The summed E-state index contributed by atoms with van der Waals surface area (Å²) in [5.41, 5.74) is 8.73. The van der Waals surface area contributed by atoms with Crippen LogP contribution in [-0.4, -0.2) is 23.4 Å². The molecule has 2 aromatic rings. The number of hydrogen-bond donors (Lipinski definition) is 0. The van der Waals surface area contributed by atoms with Crippen LogP contribution in [0.3, 0.4) is 0 Å². The van der Waals surface area contributed by atoms with E-state index >= 15 is 0 Å². The Kier molecular flexibility index (Phi) is 25.3. The summed E-state index contributed by atoms with van der Waals surface area (Å²) in [6, 6.07) is 18.3. The van der Waals surface area contributed by atoms with Crippen molar-refractivity contribution in [1.29, 1.82) is 0 Å². The maximum absolute atomic E-state index is 2.66. The number of nitrogens with zero attached hydrogens (tertiary/aromatic N) is 2. The molecule has 0 radical (unpaired) electrons. The quantitative estimate of drug-likeness (QED) is 0.0491. The second-order valence-corrected chi connectivity index (χ2v) is 19.3. The third kappa shape index (κ3) is 18.1. The van der Waals surface area contributed by atoms with Gasteiger partial charge in [0.1, 0.15) is 6.54 Å². The van der Waals surface area contributed by atoms with E-state index in [1.807, 2.05) is 0 Å². The van der Waals surface area contributed by atoms with Crippen molar-refractivity contribution in [2.75, 3.05) is 18.0 Å². The Bertz CT molecular complexity index is 1470. The molecule has 0 saturated carbocycles. The van der Waals surface area contributed by atoms with Crippen LogP contribution in [0.25, 0.3) is 0 Å². The van der Waals surface area contributed by atoms with Crippen molar-refractivity contribution in [3.05, 3.63) is 83.6 Å². The van der Waals surface area contributed by atoms with E-state index in [1.165, 1.54) is 239 Å². The van der Waals surface area contributed by atoms with Crippen molar-refractivity contribution in [3.63, 3.8) is 0 Å². The molecule has 0 aromatic heterocycles. The summed E-state index contributed by atoms with van der Waals surface area (Å²) < 4.78 is 2.66. The average Bonchev–Trinajstić information content (AvgIpc) is 3.70. The first-order valence-electron chi connectivity index (χ1n) is 26.0. The lowest BCUT2D eigenvalue weighted by Crippen LogP contribution is -2.28. The molecule has 0 amide bonds. The minimum Gasteiger partial charge on any atom is -0.345 e. The minimum absolute atomic E-state index is 0.00648. The number of anilines is 1. The van der Waals surface area contributed by atoms with Crippen LogP contribution in [0.1, 0.15) is 244 Å². The average molecular weight is 806 g/mol. The van der Waals surface area contributed by atoms with Crippen LogP contribution in [0.5, 0.6) is 0 Å². The summed E-state index contributed by atoms with van der Waals surface area (Å²) in [6.45, 7) is 11.7. The van der Waals surface area contributed by atoms with Gasteiger partial charge in [-0.2, -0.15) is 4.58 Å². The van der Waals surface area contributed by atoms with Crippen LogP contribution in [0.4, 0.5) is 11.4 Å². The highest BCUT2D eigenvalue weighted by molar-refractivity contribution is 6.03. The first-order valence-corrected chi connectivity index (χ1v) is 26.0. The van der Waals surface area contributed by atoms with Crippen molar-refractivity contribution >= 4 is 17.1 Å². The maximum Gasteiger partial charge on any atom is 0.209 e. The van der Waals surface area contributed by atoms with E-state index in [2.05, 4.69) is 104 Å². The largest absolute Gasteiger partial charge is 0.345 e. The normalized spacial score (nSPS) is 15.3. The van der Waals surface area contributed by atoms with Crippen LogP contribution < -0.4 is 4.90 Å². The van der Waals surface area contributed by atoms with Gasteiger partial charge in [-0.05, 0) is 44.4 Å². The third-order valence-electron chi connectivity index (χ3n) is 13.8. The van der Waals surface area contributed by atoms with Crippen molar-refractivity contribution in [1.82, 2.24) is 0 Å². The van der Waals surface area contributed by atoms with Gasteiger partial charge in [-0.15, -0.1) is 0 Å². The van der Waals surface area contributed by atoms with Gasteiger partial charge in [0.25, 0.3) is 0 Å². The Labute approximate surface area is 366 Å². The first-order chi connectivity index (χ1) is 29.1. The number of allylic oxidation sites excluding steroid dienone is 4. The number of fused-ring (bicyclic) bond motifs is 2. The monoisotopic (exact) mass is 806 g/mol. The van der Waals surface area contributed by atoms with Crippen molar-refractivity contribution in [3.8, 4) is 0 Å². The van der Waals surface area contributed by atoms with E-state index < -0.39 is 0 Å². The molecular weight excluding hydrogens is 713 g/mol. The highest BCUT2D eigenvalue weighted by Crippen LogP contribution is 2.40. The number of hydrogen-bond acceptors (Lipinski definition) is 1. The van der Waals surface area contributed by atoms with Crippen molar-refractivity contribution < 1.29 is 4.58 Å². The Hall–Kier alpha value is -2.61. The van der Waals surface area contributed by atoms with Gasteiger partial charge >= 0.3 is 0 Å². The molecule has 2 aliphatic rings. The zero-order valence-electron chi connectivity index (χ0n) is 39.5. The van der Waals surface area contributed by atoms with Crippen LogP contribution in [-0.2, 0) is 11.8 Å². The summed E-state index contributed by atoms with van der Waals surface area (Å²) in [4.78, 5) is 2.64. The van der Waals surface area contributed by atoms with Gasteiger partial charge in [0.2, 0.25) is 5.69 Å². The number of unbranched alkanes of at least 4 members (excludes halogenated alkanes) is 30. The molecule has 330 valence electrons. The van der Waals surface area contributed by atoms with Crippen molar-refractivity contribution in [2.45, 2.75) is 245 Å². The standard InChI is InChI=1S/C57H93N2/c1-5-7-9-11-13-15-17-19-21-23-25-27-29-31-33-39-48-58-52(50-51-42-35-37-45-54(51)58)43-41-47-56-57(3,4)53-44-36-38-46-55(53)59(56)49-40-34-32-30-28-26-24-22-20-18-16-14-12-10-8-6-2/h35-38,41-47H,5-34,39-40,48-50H2,1-4H3/q+1. The topological polar surface area (TPSA) is 6.25 Å². The van der Waals surface area contributed by atoms with E-state index in [9.17, 15) is 0 Å². The predicted molar refractivity (Wildman–Crippen MR) is 263 cm³/mol. The first kappa shape index (κ1) is 49.0. The van der Waals surface area contributed by atoms with Gasteiger partial charge in [-0.3, -0.25) is 0 Å². The zero-order chi connectivity index (χ0) is 41.6. The number of para-hydroxylation sites is 2. The van der Waals surface area contributed by atoms with Gasteiger partial charge in [0.15, 0.2) is 5.71 Å². The van der Waals surface area contributed by atoms with Gasteiger partial charge in [0, 0.05) is 48.5 Å². The summed E-state index contributed by atoms with van der Waals surface area (Å²) in [5.74, 6) is 0. The molecule has 0 aliphatic carbocycles. The van der Waals surface area contributed by atoms with E-state index in [0.29, 0.717) is 0 Å². The number of rotatable bonds is 36. The second-order valence-electron chi connectivity index (χ2n) is 19.3. The van der Waals surface area contributed by atoms with E-state index in [1.54, 1.807) is 0 Å². The van der Waals surface area contributed by atoms with E-state index in [-0.39, 0.29) is 5.41 Å². The lowest BCUT2D eigenvalue weighted by atomic mass is 9.81. The Morgan fingerprint density at radius 1 is 0.508 bits per heavy atom.